The molecule has 0 saturated heterocycles. The molecule has 1 aliphatic rings. The highest BCUT2D eigenvalue weighted by molar-refractivity contribution is 5.25. The molecular weight excluding hydrogens is 198 g/mol. The van der Waals surface area contributed by atoms with Gasteiger partial charge in [-0.25, -0.2) is 9.97 Å². The van der Waals surface area contributed by atoms with E-state index in [4.69, 9.17) is 0 Å². The quantitative estimate of drug-likeness (QED) is 0.760. The van der Waals surface area contributed by atoms with E-state index in [1.807, 2.05) is 0 Å². The van der Waals surface area contributed by atoms with Crippen molar-refractivity contribution in [3.63, 3.8) is 0 Å². The lowest BCUT2D eigenvalue weighted by atomic mass is 10.1. The first-order chi connectivity index (χ1) is 7.66. The van der Waals surface area contributed by atoms with Crippen LogP contribution in [0.3, 0.4) is 0 Å². The van der Waals surface area contributed by atoms with Crippen LogP contribution in [-0.2, 0) is 12.8 Å². The summed E-state index contributed by atoms with van der Waals surface area (Å²) in [6.07, 6.45) is 3.88. The summed E-state index contributed by atoms with van der Waals surface area (Å²) in [6, 6.07) is 0. The molecule has 0 fully saturated rings. The standard InChI is InChI=1S/C13H21N3/c1-10(2)8-16-6-4-12-11(3)14-9-15-13(12)5-7-16/h9-10H,4-8H2,1-3H3. The molecule has 0 aliphatic carbocycles. The molecule has 1 aromatic rings. The van der Waals surface area contributed by atoms with Gasteiger partial charge in [-0.05, 0) is 24.8 Å². The molecule has 0 atom stereocenters. The fourth-order valence-corrected chi connectivity index (χ4v) is 2.44. The molecule has 88 valence electrons. The summed E-state index contributed by atoms with van der Waals surface area (Å²) < 4.78 is 0. The maximum atomic E-state index is 4.42. The fraction of sp³-hybridized carbons (Fsp3) is 0.692. The topological polar surface area (TPSA) is 29.0 Å². The Bertz CT molecular complexity index is 360. The lowest BCUT2D eigenvalue weighted by molar-refractivity contribution is 0.255. The molecule has 0 bridgehead atoms. The predicted molar refractivity (Wildman–Crippen MR) is 65.5 cm³/mol. The summed E-state index contributed by atoms with van der Waals surface area (Å²) >= 11 is 0. The van der Waals surface area contributed by atoms with Gasteiger partial charge in [0.2, 0.25) is 0 Å². The summed E-state index contributed by atoms with van der Waals surface area (Å²) in [4.78, 5) is 11.3. The van der Waals surface area contributed by atoms with Crippen molar-refractivity contribution >= 4 is 0 Å². The van der Waals surface area contributed by atoms with Crippen LogP contribution >= 0.6 is 0 Å². The van der Waals surface area contributed by atoms with Crippen LogP contribution in [-0.4, -0.2) is 34.5 Å². The summed E-state index contributed by atoms with van der Waals surface area (Å²) in [5.41, 5.74) is 3.81. The Morgan fingerprint density at radius 1 is 1.25 bits per heavy atom. The van der Waals surface area contributed by atoms with Gasteiger partial charge in [0.1, 0.15) is 6.33 Å². The van der Waals surface area contributed by atoms with Crippen molar-refractivity contribution < 1.29 is 0 Å². The van der Waals surface area contributed by atoms with Gasteiger partial charge < -0.3 is 4.90 Å². The van der Waals surface area contributed by atoms with E-state index in [9.17, 15) is 0 Å². The van der Waals surface area contributed by atoms with Crippen LogP contribution in [0.15, 0.2) is 6.33 Å². The Morgan fingerprint density at radius 2 is 2.00 bits per heavy atom. The average molecular weight is 219 g/mol. The van der Waals surface area contributed by atoms with Crippen molar-refractivity contribution in [2.75, 3.05) is 19.6 Å². The molecule has 0 spiro atoms. The largest absolute Gasteiger partial charge is 0.302 e. The van der Waals surface area contributed by atoms with E-state index in [0.29, 0.717) is 0 Å². The van der Waals surface area contributed by atoms with E-state index in [-0.39, 0.29) is 0 Å². The zero-order valence-corrected chi connectivity index (χ0v) is 10.5. The van der Waals surface area contributed by atoms with Crippen molar-refractivity contribution in [3.8, 4) is 0 Å². The van der Waals surface area contributed by atoms with E-state index < -0.39 is 0 Å². The number of hydrogen-bond donors (Lipinski definition) is 0. The highest BCUT2D eigenvalue weighted by Gasteiger charge is 2.17. The highest BCUT2D eigenvalue weighted by Crippen LogP contribution is 2.16. The van der Waals surface area contributed by atoms with Crippen LogP contribution in [0.2, 0.25) is 0 Å². The molecule has 0 aromatic carbocycles. The first kappa shape index (κ1) is 11.5. The van der Waals surface area contributed by atoms with E-state index >= 15 is 0 Å². The maximum Gasteiger partial charge on any atom is 0.115 e. The normalized spacial score (nSPS) is 17.2. The number of aromatic nitrogens is 2. The summed E-state index contributed by atoms with van der Waals surface area (Å²) in [7, 11) is 0. The molecule has 2 rings (SSSR count). The van der Waals surface area contributed by atoms with Crippen LogP contribution in [0, 0.1) is 12.8 Å². The molecule has 0 amide bonds. The Hall–Kier alpha value is -0.960. The predicted octanol–water partition coefficient (Wildman–Crippen LogP) is 1.84. The molecule has 2 heterocycles. The molecule has 0 N–H and O–H groups in total. The monoisotopic (exact) mass is 219 g/mol. The number of aryl methyl sites for hydroxylation is 1. The van der Waals surface area contributed by atoms with Gasteiger partial charge in [0.15, 0.2) is 0 Å². The van der Waals surface area contributed by atoms with E-state index in [1.165, 1.54) is 17.8 Å². The number of rotatable bonds is 2. The van der Waals surface area contributed by atoms with Gasteiger partial charge in [-0.15, -0.1) is 0 Å². The molecule has 1 aliphatic heterocycles. The molecule has 0 radical (unpaired) electrons. The van der Waals surface area contributed by atoms with Crippen molar-refractivity contribution in [2.24, 2.45) is 5.92 Å². The second-order valence-electron chi connectivity index (χ2n) is 5.08. The lowest BCUT2D eigenvalue weighted by Gasteiger charge is -2.21. The minimum absolute atomic E-state index is 0.744. The van der Waals surface area contributed by atoms with Crippen LogP contribution in [0.4, 0.5) is 0 Å². The molecule has 3 nitrogen and oxygen atoms in total. The molecular formula is C13H21N3. The van der Waals surface area contributed by atoms with Crippen LogP contribution in [0.25, 0.3) is 0 Å². The van der Waals surface area contributed by atoms with Gasteiger partial charge in [0, 0.05) is 37.4 Å². The van der Waals surface area contributed by atoms with Crippen LogP contribution < -0.4 is 0 Å². The SMILES string of the molecule is Cc1ncnc2c1CCN(CC(C)C)CC2. The maximum absolute atomic E-state index is 4.42. The molecule has 0 saturated carbocycles. The Labute approximate surface area is 97.9 Å². The molecule has 0 unspecified atom stereocenters. The number of fused-ring (bicyclic) bond motifs is 1. The van der Waals surface area contributed by atoms with Crippen molar-refractivity contribution in [1.82, 2.24) is 14.9 Å². The first-order valence-electron chi connectivity index (χ1n) is 6.18. The third-order valence-electron chi connectivity index (χ3n) is 3.22. The zero-order chi connectivity index (χ0) is 11.5. The Kier molecular flexibility index (Phi) is 3.54. The van der Waals surface area contributed by atoms with E-state index in [1.54, 1.807) is 6.33 Å². The lowest BCUT2D eigenvalue weighted by Crippen LogP contribution is -2.30. The summed E-state index contributed by atoms with van der Waals surface area (Å²) in [6.45, 7) is 10.1. The van der Waals surface area contributed by atoms with Gasteiger partial charge in [-0.2, -0.15) is 0 Å². The van der Waals surface area contributed by atoms with Crippen molar-refractivity contribution in [2.45, 2.75) is 33.6 Å². The summed E-state index contributed by atoms with van der Waals surface area (Å²) in [5.74, 6) is 0.744. The molecule has 3 heteroatoms. The average Bonchev–Trinajstić information content (AvgIpc) is 2.42. The third-order valence-corrected chi connectivity index (χ3v) is 3.22. The van der Waals surface area contributed by atoms with Crippen molar-refractivity contribution in [3.05, 3.63) is 23.3 Å². The van der Waals surface area contributed by atoms with Gasteiger partial charge in [0.05, 0.1) is 0 Å². The Balaban J connectivity index is 2.10. The minimum atomic E-state index is 0.744. The smallest absolute Gasteiger partial charge is 0.115 e. The van der Waals surface area contributed by atoms with E-state index in [0.717, 1.165) is 37.5 Å². The van der Waals surface area contributed by atoms with Gasteiger partial charge >= 0.3 is 0 Å². The zero-order valence-electron chi connectivity index (χ0n) is 10.5. The number of hydrogen-bond acceptors (Lipinski definition) is 3. The number of nitrogens with zero attached hydrogens (tertiary/aromatic N) is 3. The van der Waals surface area contributed by atoms with Gasteiger partial charge in [-0.1, -0.05) is 13.8 Å². The fourth-order valence-electron chi connectivity index (χ4n) is 2.44. The summed E-state index contributed by atoms with van der Waals surface area (Å²) in [5, 5.41) is 0. The Morgan fingerprint density at radius 3 is 2.75 bits per heavy atom. The first-order valence-corrected chi connectivity index (χ1v) is 6.18. The second kappa shape index (κ2) is 4.91. The molecule has 1 aromatic heterocycles. The van der Waals surface area contributed by atoms with Crippen LogP contribution in [0.1, 0.15) is 30.8 Å². The highest BCUT2D eigenvalue weighted by atomic mass is 15.1. The van der Waals surface area contributed by atoms with E-state index in [2.05, 4.69) is 35.6 Å². The van der Waals surface area contributed by atoms with Gasteiger partial charge in [-0.3, -0.25) is 0 Å². The molecule has 16 heavy (non-hydrogen) atoms. The second-order valence-corrected chi connectivity index (χ2v) is 5.08. The third kappa shape index (κ3) is 2.59. The van der Waals surface area contributed by atoms with Crippen molar-refractivity contribution in [1.29, 1.82) is 0 Å². The van der Waals surface area contributed by atoms with Crippen LogP contribution in [0.5, 0.6) is 0 Å². The minimum Gasteiger partial charge on any atom is -0.302 e. The van der Waals surface area contributed by atoms with Gasteiger partial charge in [0.25, 0.3) is 0 Å².